The number of carbonyl (C=O) groups excluding carboxylic acids is 2. The summed E-state index contributed by atoms with van der Waals surface area (Å²) in [6.07, 6.45) is 0. The second-order valence-electron chi connectivity index (χ2n) is 4.74. The number of hydrazine groups is 1. The molecule has 0 aromatic heterocycles. The van der Waals surface area contributed by atoms with Gasteiger partial charge in [0, 0.05) is 6.92 Å². The fourth-order valence-corrected chi connectivity index (χ4v) is 2.33. The molecule has 0 unspecified atom stereocenters. The van der Waals surface area contributed by atoms with Gasteiger partial charge in [-0.3, -0.25) is 4.79 Å². The predicted octanol–water partition coefficient (Wildman–Crippen LogP) is 3.02. The first kappa shape index (κ1) is 14.1. The van der Waals surface area contributed by atoms with Gasteiger partial charge < -0.3 is 0 Å². The Morgan fingerprint density at radius 2 is 1.89 bits per heavy atom. The monoisotopic (exact) mass is 301 g/mol. The van der Waals surface area contributed by atoms with Gasteiger partial charge in [-0.1, -0.05) is 23.2 Å². The third-order valence-electron chi connectivity index (χ3n) is 2.80. The number of urea groups is 1. The van der Waals surface area contributed by atoms with E-state index in [0.29, 0.717) is 15.7 Å². The molecule has 1 fully saturated rings. The van der Waals surface area contributed by atoms with Crippen molar-refractivity contribution >= 4 is 40.8 Å². The summed E-state index contributed by atoms with van der Waals surface area (Å²) in [5, 5.41) is 2.02. The molecule has 7 heteroatoms. The normalized spacial score (nSPS) is 18.1. The Morgan fingerprint density at radius 1 is 1.26 bits per heavy atom. The first-order valence-corrected chi connectivity index (χ1v) is 6.37. The Kier molecular flexibility index (Phi) is 3.47. The number of halogens is 2. The molecule has 2 rings (SSSR count). The predicted molar refractivity (Wildman–Crippen MR) is 74.1 cm³/mol. The second-order valence-corrected chi connectivity index (χ2v) is 5.56. The first-order chi connectivity index (χ1) is 8.74. The molecule has 1 aliphatic rings. The van der Waals surface area contributed by atoms with Gasteiger partial charge in [0.05, 0.1) is 15.7 Å². The molecule has 1 saturated heterocycles. The molecular formula is C12H13Cl2N3O2. The van der Waals surface area contributed by atoms with E-state index in [1.807, 2.05) is 0 Å². The molecule has 0 bridgehead atoms. The number of nitrogens with zero attached hydrogens (tertiary/aromatic N) is 2. The molecule has 1 aromatic rings. The smallest absolute Gasteiger partial charge is 0.275 e. The van der Waals surface area contributed by atoms with Gasteiger partial charge in [-0.2, -0.15) is 0 Å². The zero-order valence-electron chi connectivity index (χ0n) is 10.7. The zero-order valence-corrected chi connectivity index (χ0v) is 12.2. The summed E-state index contributed by atoms with van der Waals surface area (Å²) in [5.41, 5.74) is 2.69. The minimum Gasteiger partial charge on any atom is -0.275 e. The largest absolute Gasteiger partial charge is 0.347 e. The van der Waals surface area contributed by atoms with Gasteiger partial charge in [-0.25, -0.2) is 20.1 Å². The second kappa shape index (κ2) is 4.67. The van der Waals surface area contributed by atoms with Gasteiger partial charge in [0.1, 0.15) is 5.66 Å². The lowest BCUT2D eigenvalue weighted by atomic mass is 10.2. The Hall–Kier alpha value is -1.30. The van der Waals surface area contributed by atoms with Crippen molar-refractivity contribution in [3.05, 3.63) is 28.2 Å². The highest BCUT2D eigenvalue weighted by atomic mass is 35.5. The van der Waals surface area contributed by atoms with Crippen LogP contribution in [0.5, 0.6) is 0 Å². The van der Waals surface area contributed by atoms with Crippen LogP contribution in [0.1, 0.15) is 20.8 Å². The molecule has 19 heavy (non-hydrogen) atoms. The standard InChI is InChI=1S/C12H13Cl2N3O2/c1-7(18)16-11(19)17(15-12(16,2)3)8-4-5-9(13)10(14)6-8/h4-6,15H,1-3H3. The number of amides is 3. The van der Waals surface area contributed by atoms with E-state index in [9.17, 15) is 9.59 Å². The summed E-state index contributed by atoms with van der Waals surface area (Å²) >= 11 is 11.8. The summed E-state index contributed by atoms with van der Waals surface area (Å²) in [4.78, 5) is 25.0. The Balaban J connectivity index is 2.40. The quantitative estimate of drug-likeness (QED) is 0.867. The summed E-state index contributed by atoms with van der Waals surface area (Å²) in [7, 11) is 0. The van der Waals surface area contributed by atoms with Crippen molar-refractivity contribution in [1.82, 2.24) is 10.3 Å². The van der Waals surface area contributed by atoms with Gasteiger partial charge in [-0.15, -0.1) is 0 Å². The molecule has 0 radical (unpaired) electrons. The summed E-state index contributed by atoms with van der Waals surface area (Å²) in [6, 6.07) is 4.36. The third-order valence-corrected chi connectivity index (χ3v) is 3.54. The van der Waals surface area contributed by atoms with Crippen molar-refractivity contribution in [1.29, 1.82) is 0 Å². The fraction of sp³-hybridized carbons (Fsp3) is 0.333. The lowest BCUT2D eigenvalue weighted by Gasteiger charge is -2.25. The van der Waals surface area contributed by atoms with Crippen LogP contribution >= 0.6 is 23.2 Å². The first-order valence-electron chi connectivity index (χ1n) is 5.62. The number of nitrogens with one attached hydrogen (secondary N) is 1. The van der Waals surface area contributed by atoms with Crippen LogP contribution in [0.2, 0.25) is 10.0 Å². The van der Waals surface area contributed by atoms with E-state index >= 15 is 0 Å². The molecule has 1 N–H and O–H groups in total. The minimum absolute atomic E-state index is 0.329. The molecular weight excluding hydrogens is 289 g/mol. The maximum Gasteiger partial charge on any atom is 0.347 e. The summed E-state index contributed by atoms with van der Waals surface area (Å²) < 4.78 is 0. The van der Waals surface area contributed by atoms with E-state index in [0.717, 1.165) is 4.90 Å². The molecule has 1 heterocycles. The molecule has 0 saturated carbocycles. The molecule has 102 valence electrons. The van der Waals surface area contributed by atoms with E-state index in [1.54, 1.807) is 32.0 Å². The average molecular weight is 302 g/mol. The van der Waals surface area contributed by atoms with Crippen LogP contribution in [0.4, 0.5) is 10.5 Å². The number of anilines is 1. The molecule has 1 aliphatic heterocycles. The van der Waals surface area contributed by atoms with E-state index in [1.165, 1.54) is 11.9 Å². The average Bonchev–Trinajstić information content (AvgIpc) is 2.52. The van der Waals surface area contributed by atoms with Gasteiger partial charge >= 0.3 is 6.03 Å². The van der Waals surface area contributed by atoms with Gasteiger partial charge in [0.25, 0.3) is 0 Å². The lowest BCUT2D eigenvalue weighted by Crippen LogP contribution is -2.49. The van der Waals surface area contributed by atoms with Gasteiger partial charge in [-0.05, 0) is 32.0 Å². The van der Waals surface area contributed by atoms with Crippen molar-refractivity contribution in [2.45, 2.75) is 26.4 Å². The highest BCUT2D eigenvalue weighted by molar-refractivity contribution is 6.42. The number of hydrogen-bond acceptors (Lipinski definition) is 3. The summed E-state index contributed by atoms with van der Waals surface area (Å²) in [6.45, 7) is 4.83. The van der Waals surface area contributed by atoms with Gasteiger partial charge in [0.15, 0.2) is 0 Å². The third kappa shape index (κ3) is 2.41. The highest BCUT2D eigenvalue weighted by Gasteiger charge is 2.46. The Bertz CT molecular complexity index is 560. The number of imide groups is 1. The highest BCUT2D eigenvalue weighted by Crippen LogP contribution is 2.31. The molecule has 1 aromatic carbocycles. The van der Waals surface area contributed by atoms with Crippen molar-refractivity contribution in [2.24, 2.45) is 0 Å². The number of carbonyl (C=O) groups is 2. The molecule has 0 spiro atoms. The van der Waals surface area contributed by atoms with E-state index in [-0.39, 0.29) is 5.91 Å². The Labute approximate surface area is 121 Å². The van der Waals surface area contributed by atoms with Crippen LogP contribution in [0.25, 0.3) is 0 Å². The van der Waals surface area contributed by atoms with Crippen LogP contribution in [0, 0.1) is 0 Å². The van der Waals surface area contributed by atoms with Crippen molar-refractivity contribution in [2.75, 3.05) is 5.01 Å². The molecule has 0 aliphatic carbocycles. The lowest BCUT2D eigenvalue weighted by molar-refractivity contribution is -0.129. The van der Waals surface area contributed by atoms with Crippen LogP contribution in [0.3, 0.4) is 0 Å². The number of rotatable bonds is 1. The molecule has 3 amide bonds. The van der Waals surface area contributed by atoms with Gasteiger partial charge in [0.2, 0.25) is 5.91 Å². The van der Waals surface area contributed by atoms with Crippen molar-refractivity contribution < 1.29 is 9.59 Å². The van der Waals surface area contributed by atoms with Crippen LogP contribution < -0.4 is 10.4 Å². The van der Waals surface area contributed by atoms with Crippen molar-refractivity contribution in [3.63, 3.8) is 0 Å². The number of hydrogen-bond donors (Lipinski definition) is 1. The van der Waals surface area contributed by atoms with E-state index in [4.69, 9.17) is 23.2 Å². The topological polar surface area (TPSA) is 52.7 Å². The molecule has 5 nitrogen and oxygen atoms in total. The number of benzene rings is 1. The fourth-order valence-electron chi connectivity index (χ4n) is 2.04. The van der Waals surface area contributed by atoms with Crippen LogP contribution in [0.15, 0.2) is 18.2 Å². The zero-order chi connectivity index (χ0) is 14.4. The van der Waals surface area contributed by atoms with E-state index in [2.05, 4.69) is 5.43 Å². The Morgan fingerprint density at radius 3 is 2.37 bits per heavy atom. The maximum atomic E-state index is 12.3. The van der Waals surface area contributed by atoms with Crippen molar-refractivity contribution in [3.8, 4) is 0 Å². The van der Waals surface area contributed by atoms with Crippen LogP contribution in [-0.2, 0) is 4.79 Å². The van der Waals surface area contributed by atoms with Crippen LogP contribution in [-0.4, -0.2) is 22.5 Å². The maximum absolute atomic E-state index is 12.3. The minimum atomic E-state index is -0.797. The molecule has 0 atom stereocenters. The SMILES string of the molecule is CC(=O)N1C(=O)N(c2ccc(Cl)c(Cl)c2)NC1(C)C. The van der Waals surface area contributed by atoms with E-state index < -0.39 is 11.7 Å². The summed E-state index contributed by atoms with van der Waals surface area (Å²) in [5.74, 6) is -0.329.